The van der Waals surface area contributed by atoms with Crippen molar-refractivity contribution in [1.82, 2.24) is 25.1 Å². The van der Waals surface area contributed by atoms with Crippen molar-refractivity contribution in [2.75, 3.05) is 19.6 Å². The Morgan fingerprint density at radius 3 is 2.93 bits per heavy atom. The van der Waals surface area contributed by atoms with Crippen LogP contribution in [0.2, 0.25) is 0 Å². The van der Waals surface area contributed by atoms with Crippen LogP contribution in [0.3, 0.4) is 0 Å². The first-order valence-electron chi connectivity index (χ1n) is 5.37. The Labute approximate surface area is 83.1 Å². The summed E-state index contributed by atoms with van der Waals surface area (Å²) < 4.78 is 0. The Kier molecular flexibility index (Phi) is 1.80. The lowest BCUT2D eigenvalue weighted by Gasteiger charge is -2.18. The number of aromatic nitrogens is 4. The van der Waals surface area contributed by atoms with E-state index < -0.39 is 0 Å². The van der Waals surface area contributed by atoms with Gasteiger partial charge in [-0.3, -0.25) is 0 Å². The van der Waals surface area contributed by atoms with E-state index in [1.54, 1.807) is 4.80 Å². The Bertz CT molecular complexity index is 334. The molecule has 76 valence electrons. The highest BCUT2D eigenvalue weighted by Crippen LogP contribution is 2.37. The van der Waals surface area contributed by atoms with Crippen LogP contribution in [0, 0.1) is 5.92 Å². The van der Waals surface area contributed by atoms with Crippen LogP contribution in [0.1, 0.15) is 25.1 Å². The molecule has 0 aromatic carbocycles. The van der Waals surface area contributed by atoms with Gasteiger partial charge in [-0.15, -0.1) is 10.2 Å². The van der Waals surface area contributed by atoms with Crippen molar-refractivity contribution < 1.29 is 0 Å². The van der Waals surface area contributed by atoms with E-state index in [-0.39, 0.29) is 0 Å². The summed E-state index contributed by atoms with van der Waals surface area (Å²) in [7, 11) is 0. The standard InChI is InChI=1S/C9H15N5/c1-2-14-11-9(10-12-14)8-6-13-4-3-7(8)5-13/h7-8H,2-6H2,1H3. The zero-order valence-electron chi connectivity index (χ0n) is 8.43. The van der Waals surface area contributed by atoms with Crippen molar-refractivity contribution in [3.8, 4) is 0 Å². The molecule has 3 unspecified atom stereocenters. The lowest BCUT2D eigenvalue weighted by atomic mass is 9.92. The first-order chi connectivity index (χ1) is 6.86. The highest BCUT2D eigenvalue weighted by molar-refractivity contribution is 5.05. The van der Waals surface area contributed by atoms with E-state index in [0.29, 0.717) is 5.92 Å². The third kappa shape index (κ3) is 1.15. The van der Waals surface area contributed by atoms with Gasteiger partial charge in [-0.25, -0.2) is 0 Å². The van der Waals surface area contributed by atoms with Crippen molar-refractivity contribution >= 4 is 0 Å². The van der Waals surface area contributed by atoms with E-state index in [2.05, 4.69) is 20.3 Å². The van der Waals surface area contributed by atoms with E-state index in [0.717, 1.165) is 24.8 Å². The lowest BCUT2D eigenvalue weighted by Crippen LogP contribution is -2.23. The molecule has 0 aliphatic carbocycles. The molecule has 2 aliphatic heterocycles. The zero-order chi connectivity index (χ0) is 9.54. The van der Waals surface area contributed by atoms with Gasteiger partial charge >= 0.3 is 0 Å². The van der Waals surface area contributed by atoms with Crippen LogP contribution >= 0.6 is 0 Å². The fraction of sp³-hybridized carbons (Fsp3) is 0.889. The topological polar surface area (TPSA) is 46.8 Å². The van der Waals surface area contributed by atoms with Gasteiger partial charge in [-0.05, 0) is 31.0 Å². The number of tetrazole rings is 1. The molecule has 3 atom stereocenters. The van der Waals surface area contributed by atoms with Gasteiger partial charge < -0.3 is 4.90 Å². The smallest absolute Gasteiger partial charge is 0.179 e. The second kappa shape index (κ2) is 3.02. The van der Waals surface area contributed by atoms with Crippen molar-refractivity contribution in [3.05, 3.63) is 5.82 Å². The van der Waals surface area contributed by atoms with E-state index in [9.17, 15) is 0 Å². The van der Waals surface area contributed by atoms with Crippen LogP contribution in [-0.2, 0) is 6.54 Å². The number of rotatable bonds is 2. The normalized spacial score (nSPS) is 35.4. The van der Waals surface area contributed by atoms with Crippen LogP contribution in [0.25, 0.3) is 0 Å². The molecule has 0 spiro atoms. The average molecular weight is 193 g/mol. The minimum Gasteiger partial charge on any atom is -0.302 e. The highest BCUT2D eigenvalue weighted by Gasteiger charge is 2.40. The first kappa shape index (κ1) is 8.35. The van der Waals surface area contributed by atoms with Gasteiger partial charge in [0.2, 0.25) is 0 Å². The average Bonchev–Trinajstić information content (AvgIpc) is 2.93. The summed E-state index contributed by atoms with van der Waals surface area (Å²) in [6.45, 7) is 6.50. The van der Waals surface area contributed by atoms with E-state index in [4.69, 9.17) is 0 Å². The summed E-state index contributed by atoms with van der Waals surface area (Å²) in [5, 5.41) is 12.6. The second-order valence-electron chi connectivity index (χ2n) is 4.25. The van der Waals surface area contributed by atoms with Crippen molar-refractivity contribution in [2.24, 2.45) is 5.92 Å². The largest absolute Gasteiger partial charge is 0.302 e. The van der Waals surface area contributed by atoms with Gasteiger partial charge in [-0.2, -0.15) is 4.80 Å². The van der Waals surface area contributed by atoms with Crippen LogP contribution < -0.4 is 0 Å². The van der Waals surface area contributed by atoms with Crippen molar-refractivity contribution in [3.63, 3.8) is 0 Å². The Balaban J connectivity index is 1.82. The predicted molar refractivity (Wildman–Crippen MR) is 50.8 cm³/mol. The number of nitrogens with zero attached hydrogens (tertiary/aromatic N) is 5. The fourth-order valence-electron chi connectivity index (χ4n) is 2.61. The summed E-state index contributed by atoms with van der Waals surface area (Å²) in [6, 6.07) is 0. The summed E-state index contributed by atoms with van der Waals surface area (Å²) in [5.41, 5.74) is 0. The van der Waals surface area contributed by atoms with Crippen molar-refractivity contribution in [2.45, 2.75) is 25.8 Å². The molecular formula is C9H15N5. The lowest BCUT2D eigenvalue weighted by molar-refractivity contribution is 0.340. The maximum absolute atomic E-state index is 4.40. The van der Waals surface area contributed by atoms with Crippen LogP contribution in [-0.4, -0.2) is 44.7 Å². The molecule has 1 aromatic rings. The number of aryl methyl sites for hydroxylation is 1. The van der Waals surface area contributed by atoms with Gasteiger partial charge in [0.1, 0.15) is 0 Å². The zero-order valence-corrected chi connectivity index (χ0v) is 8.43. The fourth-order valence-corrected chi connectivity index (χ4v) is 2.61. The van der Waals surface area contributed by atoms with Gasteiger partial charge in [0.15, 0.2) is 5.82 Å². The highest BCUT2D eigenvalue weighted by atomic mass is 15.6. The van der Waals surface area contributed by atoms with Crippen LogP contribution in [0.4, 0.5) is 0 Å². The molecule has 0 saturated carbocycles. The number of hydrogen-bond acceptors (Lipinski definition) is 4. The molecule has 2 bridgehead atoms. The maximum atomic E-state index is 4.40. The molecule has 1 aromatic heterocycles. The van der Waals surface area contributed by atoms with Gasteiger partial charge in [0.25, 0.3) is 0 Å². The minimum atomic E-state index is 0.545. The summed E-state index contributed by atoms with van der Waals surface area (Å²) >= 11 is 0. The molecular weight excluding hydrogens is 178 g/mol. The molecule has 2 fully saturated rings. The Morgan fingerprint density at radius 2 is 2.36 bits per heavy atom. The van der Waals surface area contributed by atoms with E-state index >= 15 is 0 Å². The molecule has 5 heteroatoms. The van der Waals surface area contributed by atoms with Gasteiger partial charge in [0.05, 0.1) is 6.54 Å². The number of fused-ring (bicyclic) bond motifs is 2. The number of piperidine rings is 1. The second-order valence-corrected chi connectivity index (χ2v) is 4.25. The molecule has 3 heterocycles. The number of hydrogen-bond donors (Lipinski definition) is 0. The van der Waals surface area contributed by atoms with Gasteiger partial charge in [-0.1, -0.05) is 0 Å². The van der Waals surface area contributed by atoms with E-state index in [1.807, 2.05) is 6.92 Å². The SMILES string of the molecule is CCn1nnc(C2CN3CCC2C3)n1. The molecule has 5 nitrogen and oxygen atoms in total. The quantitative estimate of drug-likeness (QED) is 0.669. The molecule has 0 radical (unpaired) electrons. The van der Waals surface area contributed by atoms with Gasteiger partial charge in [0, 0.05) is 19.0 Å². The van der Waals surface area contributed by atoms with Crippen LogP contribution in [0.5, 0.6) is 0 Å². The summed E-state index contributed by atoms with van der Waals surface area (Å²) in [4.78, 5) is 4.18. The molecule has 0 N–H and O–H groups in total. The monoisotopic (exact) mass is 193 g/mol. The predicted octanol–water partition coefficient (Wildman–Crippen LogP) is 0.112. The summed E-state index contributed by atoms with van der Waals surface area (Å²) in [6.07, 6.45) is 1.31. The molecule has 2 saturated heterocycles. The Morgan fingerprint density at radius 1 is 1.43 bits per heavy atom. The Hall–Kier alpha value is -0.970. The molecule has 0 amide bonds. The van der Waals surface area contributed by atoms with Crippen molar-refractivity contribution in [1.29, 1.82) is 0 Å². The third-order valence-corrected chi connectivity index (χ3v) is 3.42. The summed E-state index contributed by atoms with van der Waals surface area (Å²) in [5.74, 6) is 2.28. The van der Waals surface area contributed by atoms with Crippen LogP contribution in [0.15, 0.2) is 0 Å². The maximum Gasteiger partial charge on any atom is 0.179 e. The molecule has 14 heavy (non-hydrogen) atoms. The minimum absolute atomic E-state index is 0.545. The van der Waals surface area contributed by atoms with E-state index in [1.165, 1.54) is 19.5 Å². The first-order valence-corrected chi connectivity index (χ1v) is 5.37. The third-order valence-electron chi connectivity index (χ3n) is 3.42. The molecule has 2 aliphatic rings. The molecule has 3 rings (SSSR count).